The molecule has 0 saturated heterocycles. The quantitative estimate of drug-likeness (QED) is 0.503. The molecule has 0 saturated carbocycles. The number of nitrogens with zero attached hydrogens (tertiary/aromatic N) is 3. The predicted octanol–water partition coefficient (Wildman–Crippen LogP) is 2.91. The summed E-state index contributed by atoms with van der Waals surface area (Å²) in [7, 11) is -3.35. The number of nitrogens with one attached hydrogen (secondary N) is 1. The molecule has 0 spiro atoms. The first kappa shape index (κ1) is 22.7. The van der Waals surface area contributed by atoms with E-state index in [2.05, 4.69) is 20.5 Å². The van der Waals surface area contributed by atoms with Gasteiger partial charge < -0.3 is 16.2 Å². The number of hydrogen-bond acceptors (Lipinski definition) is 9. The minimum atomic E-state index is -3.35. The van der Waals surface area contributed by atoms with Gasteiger partial charge in [0.2, 0.25) is 12.1 Å². The molecule has 1 aliphatic heterocycles. The second kappa shape index (κ2) is 8.80. The topological polar surface area (TPSA) is 146 Å². The fraction of sp³-hybridized carbons (Fsp3) is 0.261. The lowest BCUT2D eigenvalue weighted by atomic mass is 10.1. The third-order valence-corrected chi connectivity index (χ3v) is 7.52. The Morgan fingerprint density at radius 1 is 1.06 bits per heavy atom. The summed E-state index contributed by atoms with van der Waals surface area (Å²) in [5, 5.41) is 3.78. The van der Waals surface area contributed by atoms with E-state index in [-0.39, 0.29) is 16.8 Å². The highest BCUT2D eigenvalue weighted by molar-refractivity contribution is 7.92. The van der Waals surface area contributed by atoms with Crippen LogP contribution in [0.3, 0.4) is 0 Å². The number of aromatic nitrogens is 2. The Hall–Kier alpha value is -3.50. The van der Waals surface area contributed by atoms with E-state index in [0.29, 0.717) is 22.8 Å². The molecular formula is C23H26N6O3S. The van der Waals surface area contributed by atoms with Gasteiger partial charge in [-0.05, 0) is 50.6 Å². The average molecular weight is 467 g/mol. The highest BCUT2D eigenvalue weighted by Crippen LogP contribution is 2.28. The Morgan fingerprint density at radius 2 is 1.79 bits per heavy atom. The van der Waals surface area contributed by atoms with Crippen molar-refractivity contribution in [3.63, 3.8) is 0 Å². The number of sulfone groups is 1. The van der Waals surface area contributed by atoms with Crippen molar-refractivity contribution in [3.05, 3.63) is 71.5 Å². The van der Waals surface area contributed by atoms with Crippen molar-refractivity contribution in [2.75, 3.05) is 5.73 Å². The van der Waals surface area contributed by atoms with E-state index in [4.69, 9.17) is 16.2 Å². The number of hydrazone groups is 1. The van der Waals surface area contributed by atoms with E-state index in [1.807, 2.05) is 31.2 Å². The molecule has 2 atom stereocenters. The lowest BCUT2D eigenvalue weighted by Crippen LogP contribution is -2.17. The van der Waals surface area contributed by atoms with Gasteiger partial charge >= 0.3 is 0 Å². The van der Waals surface area contributed by atoms with Crippen LogP contribution >= 0.6 is 0 Å². The molecule has 0 radical (unpaired) electrons. The summed E-state index contributed by atoms with van der Waals surface area (Å²) in [6.07, 6.45) is 0.820. The Labute approximate surface area is 192 Å². The van der Waals surface area contributed by atoms with Crippen molar-refractivity contribution in [1.82, 2.24) is 15.4 Å². The predicted molar refractivity (Wildman–Crippen MR) is 127 cm³/mol. The zero-order chi connectivity index (χ0) is 23.8. The third kappa shape index (κ3) is 4.53. The van der Waals surface area contributed by atoms with Gasteiger partial charge in [0, 0.05) is 17.2 Å². The van der Waals surface area contributed by atoms with Gasteiger partial charge in [-0.1, -0.05) is 24.3 Å². The van der Waals surface area contributed by atoms with E-state index >= 15 is 0 Å². The molecule has 0 aliphatic carbocycles. The summed E-state index contributed by atoms with van der Waals surface area (Å²) in [5.74, 6) is 0.605. The molecule has 5 N–H and O–H groups in total. The average Bonchev–Trinajstić information content (AvgIpc) is 3.29. The third-order valence-electron chi connectivity index (χ3n) is 5.35. The maximum Gasteiger partial charge on any atom is 0.240 e. The Balaban J connectivity index is 1.57. The monoisotopic (exact) mass is 466 g/mol. The molecule has 3 aromatic rings. The Morgan fingerprint density at radius 3 is 2.45 bits per heavy atom. The minimum absolute atomic E-state index is 0.115. The van der Waals surface area contributed by atoms with Crippen LogP contribution in [0.5, 0.6) is 0 Å². The second-order valence-electron chi connectivity index (χ2n) is 8.10. The maximum atomic E-state index is 12.4. The molecule has 0 amide bonds. The van der Waals surface area contributed by atoms with Crippen LogP contribution < -0.4 is 16.9 Å². The van der Waals surface area contributed by atoms with Crippen LogP contribution in [0.4, 0.5) is 5.82 Å². The SMILES string of the molecule is CC(C)S(=O)(=O)c1ccc(-c2cnc(N)c(C3NN=C(c4cccc([C@H](C)N)c4)O3)n2)cc1. The number of nitrogen functional groups attached to an aromatic ring is 1. The van der Waals surface area contributed by atoms with Gasteiger partial charge in [0.25, 0.3) is 0 Å². The van der Waals surface area contributed by atoms with Gasteiger partial charge in [-0.3, -0.25) is 5.43 Å². The summed E-state index contributed by atoms with van der Waals surface area (Å²) >= 11 is 0. The van der Waals surface area contributed by atoms with Crippen molar-refractivity contribution in [1.29, 1.82) is 0 Å². The fourth-order valence-electron chi connectivity index (χ4n) is 3.32. The molecule has 2 aromatic carbocycles. The zero-order valence-corrected chi connectivity index (χ0v) is 19.4. The Bertz CT molecular complexity index is 1300. The van der Waals surface area contributed by atoms with Gasteiger partial charge in [-0.25, -0.2) is 18.4 Å². The fourth-order valence-corrected chi connectivity index (χ4v) is 4.38. The normalized spacial score (nSPS) is 16.8. The number of nitrogens with two attached hydrogens (primary N) is 2. The van der Waals surface area contributed by atoms with Crippen molar-refractivity contribution in [2.45, 2.75) is 43.2 Å². The highest BCUT2D eigenvalue weighted by atomic mass is 32.2. The van der Waals surface area contributed by atoms with Crippen LogP contribution in [-0.2, 0) is 14.6 Å². The number of hydrogen-bond donors (Lipinski definition) is 3. The van der Waals surface area contributed by atoms with Crippen molar-refractivity contribution < 1.29 is 13.2 Å². The van der Waals surface area contributed by atoms with Crippen LogP contribution in [0.15, 0.2) is 64.7 Å². The summed E-state index contributed by atoms with van der Waals surface area (Å²) < 4.78 is 30.7. The minimum Gasteiger partial charge on any atom is -0.445 e. The molecule has 0 fully saturated rings. The van der Waals surface area contributed by atoms with Crippen LogP contribution in [-0.4, -0.2) is 29.5 Å². The number of anilines is 1. The first-order chi connectivity index (χ1) is 15.7. The van der Waals surface area contributed by atoms with Crippen LogP contribution in [0, 0.1) is 0 Å². The summed E-state index contributed by atoms with van der Waals surface area (Å²) in [6.45, 7) is 5.21. The van der Waals surface area contributed by atoms with Crippen molar-refractivity contribution in [3.8, 4) is 11.3 Å². The van der Waals surface area contributed by atoms with Crippen LogP contribution in [0.25, 0.3) is 11.3 Å². The molecule has 9 nitrogen and oxygen atoms in total. The number of rotatable bonds is 6. The molecule has 4 rings (SSSR count). The lowest BCUT2D eigenvalue weighted by Gasteiger charge is -2.14. The second-order valence-corrected chi connectivity index (χ2v) is 10.6. The first-order valence-electron chi connectivity index (χ1n) is 10.5. The van der Waals surface area contributed by atoms with Gasteiger partial charge in [0.1, 0.15) is 5.69 Å². The largest absolute Gasteiger partial charge is 0.445 e. The van der Waals surface area contributed by atoms with Crippen molar-refractivity contribution >= 4 is 21.6 Å². The Kier molecular flexibility index (Phi) is 6.05. The van der Waals surface area contributed by atoms with Gasteiger partial charge in [-0.2, -0.15) is 0 Å². The zero-order valence-electron chi connectivity index (χ0n) is 18.6. The summed E-state index contributed by atoms with van der Waals surface area (Å²) in [4.78, 5) is 9.11. The smallest absolute Gasteiger partial charge is 0.240 e. The van der Waals surface area contributed by atoms with Crippen molar-refractivity contribution in [2.24, 2.45) is 10.8 Å². The molecule has 172 valence electrons. The summed E-state index contributed by atoms with van der Waals surface area (Å²) in [5.41, 5.74) is 18.3. The molecule has 10 heteroatoms. The van der Waals surface area contributed by atoms with E-state index < -0.39 is 21.3 Å². The number of benzene rings is 2. The standard InChI is InChI=1S/C23H26N6O3S/c1-13(2)33(30,31)18-9-7-15(8-10-18)19-12-26-21(25)20(27-19)23-29-28-22(32-23)17-6-4-5-16(11-17)14(3)24/h4-14,23,29H,24H2,1-3H3,(H2,25,26)/t14-,23?/m0/s1. The lowest BCUT2D eigenvalue weighted by molar-refractivity contribution is 0.187. The van der Waals surface area contributed by atoms with Gasteiger partial charge in [0.05, 0.1) is 22.0 Å². The van der Waals surface area contributed by atoms with Gasteiger partial charge in [0.15, 0.2) is 15.7 Å². The van der Waals surface area contributed by atoms with Gasteiger partial charge in [-0.15, -0.1) is 5.10 Å². The molecular weight excluding hydrogens is 440 g/mol. The van der Waals surface area contributed by atoms with E-state index in [1.54, 1.807) is 38.1 Å². The van der Waals surface area contributed by atoms with E-state index in [9.17, 15) is 8.42 Å². The molecule has 2 heterocycles. The van der Waals surface area contributed by atoms with E-state index in [0.717, 1.165) is 11.1 Å². The molecule has 0 bridgehead atoms. The molecule has 33 heavy (non-hydrogen) atoms. The highest BCUT2D eigenvalue weighted by Gasteiger charge is 2.27. The number of ether oxygens (including phenoxy) is 1. The van der Waals surface area contributed by atoms with Crippen LogP contribution in [0.2, 0.25) is 0 Å². The summed E-state index contributed by atoms with van der Waals surface area (Å²) in [6, 6.07) is 14.1. The first-order valence-corrected chi connectivity index (χ1v) is 12.0. The molecule has 1 aromatic heterocycles. The van der Waals surface area contributed by atoms with Crippen LogP contribution in [0.1, 0.15) is 49.9 Å². The van der Waals surface area contributed by atoms with E-state index in [1.165, 1.54) is 6.20 Å². The molecule has 1 unspecified atom stereocenters. The maximum absolute atomic E-state index is 12.4. The molecule has 1 aliphatic rings.